The lowest BCUT2D eigenvalue weighted by molar-refractivity contribution is -0.425. The Labute approximate surface area is 174 Å². The van der Waals surface area contributed by atoms with Gasteiger partial charge in [0.05, 0.1) is 13.2 Å². The molecule has 7 nitrogen and oxygen atoms in total. The summed E-state index contributed by atoms with van der Waals surface area (Å²) in [6, 6.07) is 6.62. The second kappa shape index (κ2) is 9.26. The van der Waals surface area contributed by atoms with E-state index in [1.54, 1.807) is 35.7 Å². The van der Waals surface area contributed by atoms with Gasteiger partial charge in [-0.2, -0.15) is 14.3 Å². The van der Waals surface area contributed by atoms with Crippen molar-refractivity contribution in [2.45, 2.75) is 32.4 Å². The molecule has 8 heteroatoms. The summed E-state index contributed by atoms with van der Waals surface area (Å²) in [5.74, 6) is 0.565. The Hall–Kier alpha value is -2.61. The summed E-state index contributed by atoms with van der Waals surface area (Å²) < 4.78 is 6.80. The molecule has 3 rings (SSSR count). The predicted octanol–water partition coefficient (Wildman–Crippen LogP) is 3.11. The molecule has 0 fully saturated rings. The number of carbonyl (C=O) groups excluding carboxylic acids is 3. The fourth-order valence-corrected chi connectivity index (χ4v) is 4.11. The number of benzene rings is 1. The molecule has 0 aromatic heterocycles. The van der Waals surface area contributed by atoms with Gasteiger partial charge in [-0.1, -0.05) is 13.8 Å². The third kappa shape index (κ3) is 4.87. The van der Waals surface area contributed by atoms with Gasteiger partial charge >= 0.3 is 11.9 Å². The number of fused-ring (bicyclic) bond motifs is 1. The first-order valence-corrected chi connectivity index (χ1v) is 10.7. The number of allylic oxidation sites excluding steroid dienone is 1. The van der Waals surface area contributed by atoms with Crippen LogP contribution in [0.5, 0.6) is 5.75 Å². The van der Waals surface area contributed by atoms with Crippen molar-refractivity contribution < 1.29 is 23.7 Å². The molecule has 0 bridgehead atoms. The fraction of sp³-hybridized carbons (Fsp3) is 0.429. The molecule has 1 aromatic carbocycles. The van der Waals surface area contributed by atoms with E-state index in [0.29, 0.717) is 30.5 Å². The molecule has 2 aliphatic heterocycles. The van der Waals surface area contributed by atoms with E-state index >= 15 is 0 Å². The molecule has 1 unspecified atom stereocenters. The average molecular weight is 417 g/mol. The van der Waals surface area contributed by atoms with Crippen molar-refractivity contribution in [2.24, 2.45) is 5.92 Å². The molecule has 29 heavy (non-hydrogen) atoms. The van der Waals surface area contributed by atoms with E-state index < -0.39 is 11.3 Å². The van der Waals surface area contributed by atoms with E-state index in [2.05, 4.69) is 5.32 Å². The van der Waals surface area contributed by atoms with E-state index in [1.807, 2.05) is 20.8 Å². The minimum Gasteiger partial charge on any atom is -0.494 e. The Morgan fingerprint density at radius 1 is 1.28 bits per heavy atom. The van der Waals surface area contributed by atoms with Crippen molar-refractivity contribution in [3.8, 4) is 5.75 Å². The van der Waals surface area contributed by atoms with E-state index in [-0.39, 0.29) is 18.4 Å². The summed E-state index contributed by atoms with van der Waals surface area (Å²) in [5.41, 5.74) is 1.20. The zero-order valence-corrected chi connectivity index (χ0v) is 17.7. The van der Waals surface area contributed by atoms with Gasteiger partial charge < -0.3 is 10.1 Å². The molecule has 1 N–H and O–H groups in total. The van der Waals surface area contributed by atoms with Crippen LogP contribution in [-0.4, -0.2) is 58.0 Å². The highest BCUT2D eigenvalue weighted by Gasteiger charge is 2.49. The molecule has 154 valence electrons. The Bertz CT molecular complexity index is 861. The number of urea groups is 1. The molecule has 2 aliphatic rings. The molecule has 4 amide bonds. The number of thioether (sulfide) groups is 1. The molecule has 1 aromatic rings. The predicted molar refractivity (Wildman–Crippen MR) is 113 cm³/mol. The minimum atomic E-state index is -0.460. The number of hydrogen-bond acceptors (Lipinski definition) is 5. The SMILES string of the molecule is CCOc1ccc(NC(=O)C[N+]2=C3C=CSC3C(=O)N(CCC(C)C)C2=O)cc1. The summed E-state index contributed by atoms with van der Waals surface area (Å²) >= 11 is 1.37. The number of nitrogens with one attached hydrogen (secondary N) is 1. The van der Waals surface area contributed by atoms with Gasteiger partial charge in [-0.25, -0.2) is 4.79 Å². The van der Waals surface area contributed by atoms with Crippen LogP contribution in [0.3, 0.4) is 0 Å². The van der Waals surface area contributed by atoms with E-state index in [0.717, 1.165) is 12.2 Å². The summed E-state index contributed by atoms with van der Waals surface area (Å²) in [6.07, 6.45) is 2.47. The third-order valence-electron chi connectivity index (χ3n) is 4.67. The van der Waals surface area contributed by atoms with Gasteiger partial charge in [-0.3, -0.25) is 4.79 Å². The van der Waals surface area contributed by atoms with Crippen molar-refractivity contribution in [3.05, 3.63) is 35.7 Å². The molecule has 0 spiro atoms. The summed E-state index contributed by atoms with van der Waals surface area (Å²) in [4.78, 5) is 39.6. The van der Waals surface area contributed by atoms with Crippen molar-refractivity contribution in [2.75, 3.05) is 25.0 Å². The van der Waals surface area contributed by atoms with Crippen LogP contribution in [0.25, 0.3) is 0 Å². The van der Waals surface area contributed by atoms with E-state index in [4.69, 9.17) is 4.74 Å². The molecule has 0 saturated heterocycles. The minimum absolute atomic E-state index is 0.145. The van der Waals surface area contributed by atoms with Gasteiger partial charge in [-0.15, -0.1) is 11.8 Å². The number of ether oxygens (including phenoxy) is 1. The second-order valence-electron chi connectivity index (χ2n) is 7.29. The quantitative estimate of drug-likeness (QED) is 0.659. The smallest absolute Gasteiger partial charge is 0.494 e. The number of amides is 4. The average Bonchev–Trinajstić information content (AvgIpc) is 3.16. The molecule has 0 aliphatic carbocycles. The van der Waals surface area contributed by atoms with Gasteiger partial charge in [-0.05, 0) is 55.0 Å². The van der Waals surface area contributed by atoms with Gasteiger partial charge in [0, 0.05) is 5.69 Å². The highest BCUT2D eigenvalue weighted by molar-refractivity contribution is 8.04. The van der Waals surface area contributed by atoms with Crippen LogP contribution in [0.2, 0.25) is 0 Å². The number of carbonyl (C=O) groups is 3. The number of imide groups is 1. The Balaban J connectivity index is 1.74. The molecular weight excluding hydrogens is 390 g/mol. The summed E-state index contributed by atoms with van der Waals surface area (Å²) in [7, 11) is 0. The molecule has 0 saturated carbocycles. The topological polar surface area (TPSA) is 78.7 Å². The standard InChI is InChI=1S/C21H25N3O4S/c1-4-28-16-7-5-15(6-8-16)22-18(25)13-24-17-10-12-29-19(17)20(26)23(21(24)27)11-9-14(2)3/h5-8,10,12,14,19H,4,9,11,13H2,1-3H3/p+1. The van der Waals surface area contributed by atoms with Crippen LogP contribution in [-0.2, 0) is 9.59 Å². The van der Waals surface area contributed by atoms with Gasteiger partial charge in [0.25, 0.3) is 5.91 Å². The highest BCUT2D eigenvalue weighted by Crippen LogP contribution is 2.28. The maximum atomic E-state index is 13.0. The van der Waals surface area contributed by atoms with Crippen LogP contribution < -0.4 is 10.1 Å². The molecule has 1 atom stereocenters. The lowest BCUT2D eigenvalue weighted by atomic mass is 10.1. The van der Waals surface area contributed by atoms with Crippen LogP contribution in [0.15, 0.2) is 35.7 Å². The first-order valence-electron chi connectivity index (χ1n) is 9.75. The van der Waals surface area contributed by atoms with Crippen molar-refractivity contribution in [1.29, 1.82) is 0 Å². The van der Waals surface area contributed by atoms with Crippen LogP contribution >= 0.6 is 11.8 Å². The van der Waals surface area contributed by atoms with Gasteiger partial charge in [0.1, 0.15) is 11.5 Å². The van der Waals surface area contributed by atoms with Gasteiger partial charge in [0.2, 0.25) is 0 Å². The lowest BCUT2D eigenvalue weighted by Gasteiger charge is -2.24. The Morgan fingerprint density at radius 2 is 2.00 bits per heavy atom. The number of hydrogen-bond donors (Lipinski definition) is 1. The van der Waals surface area contributed by atoms with Crippen molar-refractivity contribution >= 4 is 41.0 Å². The van der Waals surface area contributed by atoms with Crippen LogP contribution in [0, 0.1) is 5.92 Å². The number of nitrogens with zero attached hydrogens (tertiary/aromatic N) is 2. The maximum Gasteiger partial charge on any atom is 0.501 e. The highest BCUT2D eigenvalue weighted by atomic mass is 32.2. The van der Waals surface area contributed by atoms with Crippen LogP contribution in [0.1, 0.15) is 27.2 Å². The Kier molecular flexibility index (Phi) is 6.74. The Morgan fingerprint density at radius 3 is 2.66 bits per heavy atom. The van der Waals surface area contributed by atoms with Crippen molar-refractivity contribution in [1.82, 2.24) is 4.90 Å². The lowest BCUT2D eigenvalue weighted by Crippen LogP contribution is -2.56. The normalized spacial score (nSPS) is 18.5. The summed E-state index contributed by atoms with van der Waals surface area (Å²) in [5, 5.41) is 4.14. The molecule has 0 radical (unpaired) electrons. The van der Waals surface area contributed by atoms with Gasteiger partial charge in [0.15, 0.2) is 11.8 Å². The van der Waals surface area contributed by atoms with E-state index in [1.165, 1.54) is 21.2 Å². The third-order valence-corrected chi connectivity index (χ3v) is 5.68. The molecule has 2 heterocycles. The summed E-state index contributed by atoms with van der Waals surface area (Å²) in [6.45, 7) is 6.78. The van der Waals surface area contributed by atoms with Crippen molar-refractivity contribution in [3.63, 3.8) is 0 Å². The number of anilines is 1. The zero-order chi connectivity index (χ0) is 21.0. The zero-order valence-electron chi connectivity index (χ0n) is 16.9. The fourth-order valence-electron chi connectivity index (χ4n) is 3.15. The number of rotatable bonds is 8. The first kappa shape index (κ1) is 21.1. The maximum absolute atomic E-state index is 13.0. The largest absolute Gasteiger partial charge is 0.501 e. The molecular formula is C21H26N3O4S+. The second-order valence-corrected chi connectivity index (χ2v) is 8.31. The first-order chi connectivity index (χ1) is 13.9. The van der Waals surface area contributed by atoms with Crippen LogP contribution in [0.4, 0.5) is 10.5 Å². The monoisotopic (exact) mass is 416 g/mol. The van der Waals surface area contributed by atoms with E-state index in [9.17, 15) is 14.4 Å².